The van der Waals surface area contributed by atoms with Crippen LogP contribution in [0, 0.1) is 13.8 Å². The summed E-state index contributed by atoms with van der Waals surface area (Å²) in [4.78, 5) is 26.3. The molecule has 1 aliphatic heterocycles. The number of aryl methyl sites for hydroxylation is 2. The van der Waals surface area contributed by atoms with E-state index in [1.54, 1.807) is 4.90 Å². The number of halogens is 3. The Morgan fingerprint density at radius 3 is 2.26 bits per heavy atom. The average Bonchev–Trinajstić information content (AvgIpc) is 2.74. The molecule has 2 aromatic rings. The van der Waals surface area contributed by atoms with E-state index in [4.69, 9.17) is 4.74 Å². The predicted molar refractivity (Wildman–Crippen MR) is 110 cm³/mol. The first-order chi connectivity index (χ1) is 14.6. The first-order valence-electron chi connectivity index (χ1n) is 10.1. The van der Waals surface area contributed by atoms with Crippen LogP contribution in [-0.4, -0.2) is 42.5 Å². The number of likely N-dealkylation sites (tertiary alicyclic amines) is 1. The van der Waals surface area contributed by atoms with Crippen LogP contribution in [0.15, 0.2) is 42.5 Å². The van der Waals surface area contributed by atoms with Gasteiger partial charge in [-0.15, -0.1) is 0 Å². The molecule has 0 bridgehead atoms. The zero-order chi connectivity index (χ0) is 22.6. The third kappa shape index (κ3) is 5.99. The maximum atomic E-state index is 12.7. The van der Waals surface area contributed by atoms with Gasteiger partial charge in [0.05, 0.1) is 5.56 Å². The molecular formula is C23H25F3N2O3. The Balaban J connectivity index is 1.45. The molecule has 1 saturated heterocycles. The smallest absolute Gasteiger partial charge is 0.416 e. The van der Waals surface area contributed by atoms with Crippen LogP contribution in [-0.2, 0) is 11.0 Å². The fourth-order valence-electron chi connectivity index (χ4n) is 3.43. The molecular weight excluding hydrogens is 409 g/mol. The number of benzene rings is 2. The zero-order valence-electron chi connectivity index (χ0n) is 17.5. The molecule has 0 saturated carbocycles. The molecule has 0 aliphatic carbocycles. The summed E-state index contributed by atoms with van der Waals surface area (Å²) in [5.74, 6) is 0.0949. The predicted octanol–water partition coefficient (Wildman–Crippen LogP) is 4.12. The summed E-state index contributed by atoms with van der Waals surface area (Å²) < 4.78 is 43.5. The lowest BCUT2D eigenvalue weighted by atomic mass is 10.0. The SMILES string of the molecule is Cc1ccc(OCC(=O)NC2CCN(C(=O)c3ccc(C(F)(F)F)cc3)CC2)cc1C. The lowest BCUT2D eigenvalue weighted by Gasteiger charge is -2.32. The fraction of sp³-hybridized carbons (Fsp3) is 0.391. The first kappa shape index (κ1) is 22.7. The van der Waals surface area contributed by atoms with Crippen molar-refractivity contribution < 1.29 is 27.5 Å². The van der Waals surface area contributed by atoms with Gasteiger partial charge in [0.25, 0.3) is 11.8 Å². The maximum Gasteiger partial charge on any atom is 0.416 e. The summed E-state index contributed by atoms with van der Waals surface area (Å²) >= 11 is 0. The number of hydrogen-bond donors (Lipinski definition) is 1. The highest BCUT2D eigenvalue weighted by atomic mass is 19.4. The molecule has 0 aromatic heterocycles. The number of carbonyl (C=O) groups excluding carboxylic acids is 2. The second-order valence-electron chi connectivity index (χ2n) is 7.74. The molecule has 0 radical (unpaired) electrons. The summed E-state index contributed by atoms with van der Waals surface area (Å²) in [7, 11) is 0. The third-order valence-corrected chi connectivity index (χ3v) is 5.45. The van der Waals surface area contributed by atoms with Crippen LogP contribution in [0.25, 0.3) is 0 Å². The lowest BCUT2D eigenvalue weighted by Crippen LogP contribution is -2.47. The molecule has 1 aliphatic rings. The molecule has 166 valence electrons. The van der Waals surface area contributed by atoms with Crippen molar-refractivity contribution in [3.05, 3.63) is 64.7 Å². The monoisotopic (exact) mass is 434 g/mol. The van der Waals surface area contributed by atoms with Crippen molar-refractivity contribution in [3.63, 3.8) is 0 Å². The van der Waals surface area contributed by atoms with Gasteiger partial charge in [-0.3, -0.25) is 9.59 Å². The maximum absolute atomic E-state index is 12.7. The Morgan fingerprint density at radius 1 is 1.03 bits per heavy atom. The van der Waals surface area contributed by atoms with Gasteiger partial charge in [-0.25, -0.2) is 0 Å². The van der Waals surface area contributed by atoms with Gasteiger partial charge in [-0.05, 0) is 74.2 Å². The van der Waals surface area contributed by atoms with E-state index in [2.05, 4.69) is 5.32 Å². The molecule has 5 nitrogen and oxygen atoms in total. The number of nitrogens with one attached hydrogen (secondary N) is 1. The molecule has 0 unspecified atom stereocenters. The molecule has 2 amide bonds. The number of alkyl halides is 3. The van der Waals surface area contributed by atoms with Gasteiger partial charge < -0.3 is 15.0 Å². The van der Waals surface area contributed by atoms with Crippen LogP contribution >= 0.6 is 0 Å². The molecule has 8 heteroatoms. The number of amides is 2. The van der Waals surface area contributed by atoms with E-state index in [1.807, 2.05) is 32.0 Å². The zero-order valence-corrected chi connectivity index (χ0v) is 17.5. The molecule has 31 heavy (non-hydrogen) atoms. The highest BCUT2D eigenvalue weighted by Crippen LogP contribution is 2.29. The minimum Gasteiger partial charge on any atom is -0.484 e. The topological polar surface area (TPSA) is 58.6 Å². The van der Waals surface area contributed by atoms with Gasteiger partial charge in [0.2, 0.25) is 0 Å². The van der Waals surface area contributed by atoms with Gasteiger partial charge >= 0.3 is 6.18 Å². The van der Waals surface area contributed by atoms with Crippen LogP contribution in [0.4, 0.5) is 13.2 Å². The van der Waals surface area contributed by atoms with E-state index >= 15 is 0 Å². The van der Waals surface area contributed by atoms with E-state index in [0.29, 0.717) is 31.7 Å². The number of rotatable bonds is 5. The Labute approximate surface area is 179 Å². The van der Waals surface area contributed by atoms with Crippen LogP contribution in [0.2, 0.25) is 0 Å². The van der Waals surface area contributed by atoms with Crippen molar-refractivity contribution in [2.24, 2.45) is 0 Å². The molecule has 0 atom stereocenters. The number of piperidine rings is 1. The van der Waals surface area contributed by atoms with E-state index in [-0.39, 0.29) is 30.0 Å². The Hall–Kier alpha value is -3.03. The molecule has 2 aromatic carbocycles. The second-order valence-corrected chi connectivity index (χ2v) is 7.74. The van der Waals surface area contributed by atoms with Crippen LogP contribution < -0.4 is 10.1 Å². The first-order valence-corrected chi connectivity index (χ1v) is 10.1. The van der Waals surface area contributed by atoms with Gasteiger partial charge in [0.15, 0.2) is 6.61 Å². The Bertz CT molecular complexity index is 934. The summed E-state index contributed by atoms with van der Waals surface area (Å²) in [6.07, 6.45) is -3.29. The third-order valence-electron chi connectivity index (χ3n) is 5.45. The van der Waals surface area contributed by atoms with Crippen LogP contribution in [0.5, 0.6) is 5.75 Å². The fourth-order valence-corrected chi connectivity index (χ4v) is 3.43. The normalized spacial score (nSPS) is 14.9. The van der Waals surface area contributed by atoms with Gasteiger partial charge in [0.1, 0.15) is 5.75 Å². The highest BCUT2D eigenvalue weighted by molar-refractivity contribution is 5.94. The molecule has 1 fully saturated rings. The molecule has 1 heterocycles. The Morgan fingerprint density at radius 2 is 1.68 bits per heavy atom. The van der Waals surface area contributed by atoms with Crippen molar-refractivity contribution >= 4 is 11.8 Å². The van der Waals surface area contributed by atoms with E-state index in [0.717, 1.165) is 23.3 Å². The minimum absolute atomic E-state index is 0.0764. The number of ether oxygens (including phenoxy) is 1. The van der Waals surface area contributed by atoms with Crippen molar-refractivity contribution in [3.8, 4) is 5.75 Å². The summed E-state index contributed by atoms with van der Waals surface area (Å²) in [5, 5.41) is 2.91. The average molecular weight is 434 g/mol. The number of hydrogen-bond acceptors (Lipinski definition) is 3. The standard InChI is InChI=1S/C23H25F3N2O3/c1-15-3-8-20(13-16(15)2)31-14-21(29)27-19-9-11-28(12-10-19)22(30)17-4-6-18(7-5-17)23(24,25)26/h3-8,13,19H,9-12,14H2,1-2H3,(H,27,29). The highest BCUT2D eigenvalue weighted by Gasteiger charge is 2.31. The van der Waals surface area contributed by atoms with E-state index < -0.39 is 11.7 Å². The van der Waals surface area contributed by atoms with E-state index in [1.165, 1.54) is 12.1 Å². The van der Waals surface area contributed by atoms with Gasteiger partial charge in [-0.1, -0.05) is 6.07 Å². The quantitative estimate of drug-likeness (QED) is 0.770. The molecule has 0 spiro atoms. The van der Waals surface area contributed by atoms with Gasteiger partial charge in [-0.2, -0.15) is 13.2 Å². The second kappa shape index (κ2) is 9.41. The largest absolute Gasteiger partial charge is 0.484 e. The minimum atomic E-state index is -4.43. The molecule has 1 N–H and O–H groups in total. The van der Waals surface area contributed by atoms with Crippen molar-refractivity contribution in [1.29, 1.82) is 0 Å². The van der Waals surface area contributed by atoms with Crippen LogP contribution in [0.1, 0.15) is 39.9 Å². The number of carbonyl (C=O) groups is 2. The van der Waals surface area contributed by atoms with Gasteiger partial charge in [0, 0.05) is 24.7 Å². The van der Waals surface area contributed by atoms with Crippen molar-refractivity contribution in [2.45, 2.75) is 38.9 Å². The number of nitrogens with zero attached hydrogens (tertiary/aromatic N) is 1. The summed E-state index contributed by atoms with van der Waals surface area (Å²) in [6, 6.07) is 9.78. The lowest BCUT2D eigenvalue weighted by molar-refractivity contribution is -0.137. The van der Waals surface area contributed by atoms with Crippen molar-refractivity contribution in [2.75, 3.05) is 19.7 Å². The molecule has 3 rings (SSSR count). The van der Waals surface area contributed by atoms with E-state index in [9.17, 15) is 22.8 Å². The van der Waals surface area contributed by atoms with Crippen LogP contribution in [0.3, 0.4) is 0 Å². The summed E-state index contributed by atoms with van der Waals surface area (Å²) in [6.45, 7) is 4.72. The summed E-state index contributed by atoms with van der Waals surface area (Å²) in [5.41, 5.74) is 1.67. The Kier molecular flexibility index (Phi) is 6.87. The van der Waals surface area contributed by atoms with Crippen molar-refractivity contribution in [1.82, 2.24) is 10.2 Å².